The number of carbonyl (C=O) groups excluding carboxylic acids is 1. The molecule has 1 aliphatic rings. The minimum Gasteiger partial charge on any atom is -0.496 e. The highest BCUT2D eigenvalue weighted by Gasteiger charge is 2.35. The minimum atomic E-state index is -0.0687. The zero-order valence-corrected chi connectivity index (χ0v) is 14.9. The maximum atomic E-state index is 12.9. The molecule has 23 heavy (non-hydrogen) atoms. The van der Waals surface area contributed by atoms with Gasteiger partial charge < -0.3 is 9.22 Å². The van der Waals surface area contributed by atoms with Crippen molar-refractivity contribution < 1.29 is 14.0 Å². The molecule has 5 nitrogen and oxygen atoms in total. The fourth-order valence-electron chi connectivity index (χ4n) is 2.92. The summed E-state index contributed by atoms with van der Waals surface area (Å²) in [5.41, 5.74) is 2.00. The van der Waals surface area contributed by atoms with E-state index in [1.807, 2.05) is 31.2 Å². The van der Waals surface area contributed by atoms with E-state index in [0.717, 1.165) is 41.0 Å². The maximum absolute atomic E-state index is 12.9. The number of carbonyl (C=O) groups is 1. The van der Waals surface area contributed by atoms with E-state index in [2.05, 4.69) is 26.0 Å². The molecular weight excluding hydrogens is 290 g/mol. The van der Waals surface area contributed by atoms with Gasteiger partial charge in [-0.05, 0) is 26.8 Å². The molecule has 1 aromatic rings. The Morgan fingerprint density at radius 1 is 1.35 bits per heavy atom. The van der Waals surface area contributed by atoms with Gasteiger partial charge in [-0.25, -0.2) is 5.01 Å². The second kappa shape index (κ2) is 7.13. The number of methoxy groups -OCH3 is 1. The minimum absolute atomic E-state index is 0.0687. The molecule has 1 unspecified atom stereocenters. The Bertz CT molecular complexity index is 594. The molecule has 0 N–H and O–H groups in total. The van der Waals surface area contributed by atoms with Crippen LogP contribution in [0.3, 0.4) is 0 Å². The number of benzene rings is 1. The Kier molecular flexibility index (Phi) is 5.42. The molecule has 0 spiro atoms. The third kappa shape index (κ3) is 3.72. The predicted octanol–water partition coefficient (Wildman–Crippen LogP) is 2.83. The second-order valence-corrected chi connectivity index (χ2v) is 6.45. The van der Waals surface area contributed by atoms with Gasteiger partial charge in [-0.1, -0.05) is 18.2 Å². The van der Waals surface area contributed by atoms with Crippen molar-refractivity contribution in [1.82, 2.24) is 5.01 Å². The lowest BCUT2D eigenvalue weighted by Gasteiger charge is -2.33. The molecule has 2 rings (SSSR count). The van der Waals surface area contributed by atoms with E-state index in [-0.39, 0.29) is 11.9 Å². The Hall–Kier alpha value is -1.88. The molecule has 1 aromatic carbocycles. The lowest BCUT2D eigenvalue weighted by atomic mass is 10.0. The normalized spacial score (nSPS) is 18.0. The van der Waals surface area contributed by atoms with E-state index in [1.54, 1.807) is 12.1 Å². The fourth-order valence-corrected chi connectivity index (χ4v) is 2.92. The molecule has 0 bridgehead atoms. The van der Waals surface area contributed by atoms with Gasteiger partial charge in [0.1, 0.15) is 5.75 Å². The summed E-state index contributed by atoms with van der Waals surface area (Å²) in [5.74, 6) is 0.882. The van der Waals surface area contributed by atoms with Crippen LogP contribution >= 0.6 is 0 Å². The smallest absolute Gasteiger partial charge is 0.298 e. The Morgan fingerprint density at radius 2 is 2.00 bits per heavy atom. The lowest BCUT2D eigenvalue weighted by molar-refractivity contribution is -0.898. The molecule has 1 aliphatic heterocycles. The summed E-state index contributed by atoms with van der Waals surface area (Å²) in [5, 5.41) is 6.17. The Morgan fingerprint density at radius 3 is 2.61 bits per heavy atom. The van der Waals surface area contributed by atoms with Gasteiger partial charge in [0, 0.05) is 17.7 Å². The molecule has 0 aliphatic carbocycles. The number of hydrazone groups is 1. The van der Waals surface area contributed by atoms with Crippen LogP contribution in [0.4, 0.5) is 0 Å². The topological polar surface area (TPSA) is 41.9 Å². The fraction of sp³-hybridized carbons (Fsp3) is 0.556. The van der Waals surface area contributed by atoms with Crippen molar-refractivity contribution >= 4 is 11.6 Å². The van der Waals surface area contributed by atoms with Gasteiger partial charge in [-0.3, -0.25) is 4.79 Å². The first-order valence-corrected chi connectivity index (χ1v) is 8.26. The summed E-state index contributed by atoms with van der Waals surface area (Å²) in [6.45, 7) is 8.54. The third-order valence-corrected chi connectivity index (χ3v) is 4.86. The van der Waals surface area contributed by atoms with Crippen molar-refractivity contribution in [3.05, 3.63) is 29.8 Å². The first kappa shape index (κ1) is 17.5. The monoisotopic (exact) mass is 318 g/mol. The van der Waals surface area contributed by atoms with Crippen LogP contribution in [0.25, 0.3) is 0 Å². The van der Waals surface area contributed by atoms with Crippen molar-refractivity contribution in [3.63, 3.8) is 0 Å². The SMILES string of the molecule is CC[N+](C)(CC)CC(=O)N1N=C(C)CC1c1ccccc1OC. The number of amides is 1. The van der Waals surface area contributed by atoms with Crippen LogP contribution in [-0.2, 0) is 4.79 Å². The molecule has 0 aromatic heterocycles. The summed E-state index contributed by atoms with van der Waals surface area (Å²) < 4.78 is 6.20. The lowest BCUT2D eigenvalue weighted by Crippen LogP contribution is -2.50. The summed E-state index contributed by atoms with van der Waals surface area (Å²) in [6, 6.07) is 7.81. The molecule has 1 atom stereocenters. The maximum Gasteiger partial charge on any atom is 0.298 e. The summed E-state index contributed by atoms with van der Waals surface area (Å²) in [6.07, 6.45) is 0.758. The highest BCUT2D eigenvalue weighted by Crippen LogP contribution is 2.36. The van der Waals surface area contributed by atoms with E-state index in [4.69, 9.17) is 4.74 Å². The van der Waals surface area contributed by atoms with Crippen molar-refractivity contribution in [1.29, 1.82) is 0 Å². The van der Waals surface area contributed by atoms with Crippen molar-refractivity contribution in [2.24, 2.45) is 5.10 Å². The number of nitrogens with zero attached hydrogens (tertiary/aromatic N) is 3. The largest absolute Gasteiger partial charge is 0.496 e. The molecule has 5 heteroatoms. The first-order valence-electron chi connectivity index (χ1n) is 8.26. The van der Waals surface area contributed by atoms with Gasteiger partial charge in [0.25, 0.3) is 5.91 Å². The Labute approximate surface area is 139 Å². The summed E-state index contributed by atoms with van der Waals surface area (Å²) >= 11 is 0. The first-order chi connectivity index (χ1) is 10.9. The van der Waals surface area contributed by atoms with Crippen LogP contribution in [-0.4, -0.2) is 54.9 Å². The highest BCUT2D eigenvalue weighted by atomic mass is 16.5. The molecule has 126 valence electrons. The molecule has 0 radical (unpaired) electrons. The number of hydrogen-bond donors (Lipinski definition) is 0. The zero-order chi connectivity index (χ0) is 17.0. The molecule has 1 heterocycles. The van der Waals surface area contributed by atoms with Gasteiger partial charge in [0.15, 0.2) is 6.54 Å². The number of likely N-dealkylation sites (N-methyl/N-ethyl adjacent to an activating group) is 1. The van der Waals surface area contributed by atoms with Crippen LogP contribution in [0.15, 0.2) is 29.4 Å². The van der Waals surface area contributed by atoms with Crippen LogP contribution in [0.2, 0.25) is 0 Å². The number of rotatable bonds is 6. The van der Waals surface area contributed by atoms with E-state index in [1.165, 1.54) is 0 Å². The predicted molar refractivity (Wildman–Crippen MR) is 92.4 cm³/mol. The van der Waals surface area contributed by atoms with Crippen LogP contribution in [0.5, 0.6) is 5.75 Å². The van der Waals surface area contributed by atoms with E-state index < -0.39 is 0 Å². The van der Waals surface area contributed by atoms with Gasteiger partial charge in [-0.2, -0.15) is 5.10 Å². The van der Waals surface area contributed by atoms with Crippen molar-refractivity contribution in [3.8, 4) is 5.75 Å². The van der Waals surface area contributed by atoms with Crippen molar-refractivity contribution in [2.75, 3.05) is 33.8 Å². The second-order valence-electron chi connectivity index (χ2n) is 6.45. The quantitative estimate of drug-likeness (QED) is 0.757. The van der Waals surface area contributed by atoms with E-state index >= 15 is 0 Å². The van der Waals surface area contributed by atoms with Crippen LogP contribution < -0.4 is 4.74 Å². The summed E-state index contributed by atoms with van der Waals surface area (Å²) in [4.78, 5) is 12.9. The average Bonchev–Trinajstić information content (AvgIpc) is 2.96. The molecule has 0 saturated carbocycles. The zero-order valence-electron chi connectivity index (χ0n) is 14.9. The molecule has 0 fully saturated rings. The van der Waals surface area contributed by atoms with Gasteiger partial charge in [-0.15, -0.1) is 0 Å². The van der Waals surface area contributed by atoms with E-state index in [9.17, 15) is 4.79 Å². The third-order valence-electron chi connectivity index (χ3n) is 4.86. The summed E-state index contributed by atoms with van der Waals surface area (Å²) in [7, 11) is 3.78. The van der Waals surface area contributed by atoms with Gasteiger partial charge >= 0.3 is 0 Å². The number of ether oxygens (including phenoxy) is 1. The average molecular weight is 318 g/mol. The highest BCUT2D eigenvalue weighted by molar-refractivity contribution is 5.89. The number of hydrogen-bond acceptors (Lipinski definition) is 3. The molecule has 0 saturated heterocycles. The van der Waals surface area contributed by atoms with Crippen LogP contribution in [0.1, 0.15) is 38.8 Å². The Balaban J connectivity index is 2.27. The molecule has 1 amide bonds. The molecular formula is C18H28N3O2+. The van der Waals surface area contributed by atoms with Crippen molar-refractivity contribution in [2.45, 2.75) is 33.2 Å². The van der Waals surface area contributed by atoms with Gasteiger partial charge in [0.2, 0.25) is 0 Å². The standard InChI is InChI=1S/C18H28N3O2/c1-6-21(4,7-2)13-18(22)20-16(12-14(3)19-20)15-10-8-9-11-17(15)23-5/h8-11,16H,6-7,12-13H2,1-5H3/q+1. The van der Waals surface area contributed by atoms with E-state index in [0.29, 0.717) is 6.54 Å². The number of para-hydroxylation sites is 1. The van der Waals surface area contributed by atoms with Gasteiger partial charge in [0.05, 0.1) is 33.3 Å². The number of quaternary nitrogens is 1. The van der Waals surface area contributed by atoms with Crippen LogP contribution in [0, 0.1) is 0 Å².